The summed E-state index contributed by atoms with van der Waals surface area (Å²) in [5.41, 5.74) is 0.787. The smallest absolute Gasteiger partial charge is 0.308 e. The summed E-state index contributed by atoms with van der Waals surface area (Å²) in [6.07, 6.45) is 0.158. The molecule has 2 rings (SSSR count). The first-order chi connectivity index (χ1) is 10.7. The molecule has 1 heterocycles. The molecule has 1 aromatic carbocycles. The lowest BCUT2D eigenvalue weighted by molar-refractivity contribution is -0.384. The molecule has 0 unspecified atom stereocenters. The van der Waals surface area contributed by atoms with Crippen molar-refractivity contribution in [2.45, 2.75) is 45.9 Å². The van der Waals surface area contributed by atoms with Gasteiger partial charge in [0.05, 0.1) is 18.0 Å². The molecule has 124 valence electrons. The molecule has 0 fully saturated rings. The summed E-state index contributed by atoms with van der Waals surface area (Å²) in [6.45, 7) is 5.53. The predicted octanol–water partition coefficient (Wildman–Crippen LogP) is 2.77. The number of nitrogens with zero attached hydrogens (tertiary/aromatic N) is 2. The molecule has 2 aromatic rings. The maximum Gasteiger partial charge on any atom is 0.308 e. The van der Waals surface area contributed by atoms with Gasteiger partial charge in [-0.2, -0.15) is 0 Å². The van der Waals surface area contributed by atoms with Gasteiger partial charge in [0.2, 0.25) is 0 Å². The van der Waals surface area contributed by atoms with Crippen LogP contribution in [0.25, 0.3) is 10.9 Å². The van der Waals surface area contributed by atoms with Gasteiger partial charge in [-0.25, -0.2) is 0 Å². The topological polar surface area (TPSA) is 94.6 Å². The van der Waals surface area contributed by atoms with Gasteiger partial charge in [-0.1, -0.05) is 0 Å². The van der Waals surface area contributed by atoms with Gasteiger partial charge in [-0.3, -0.25) is 14.9 Å². The van der Waals surface area contributed by atoms with Crippen LogP contribution in [0.5, 0.6) is 0 Å². The Morgan fingerprint density at radius 1 is 1.35 bits per heavy atom. The molecule has 0 radical (unpaired) electrons. The Labute approximate surface area is 133 Å². The Hall–Kier alpha value is -2.41. The van der Waals surface area contributed by atoms with E-state index in [2.05, 4.69) is 0 Å². The molecule has 0 amide bonds. The Kier molecular flexibility index (Phi) is 4.70. The van der Waals surface area contributed by atoms with E-state index in [1.54, 1.807) is 37.5 Å². The summed E-state index contributed by atoms with van der Waals surface area (Å²) in [5, 5.41) is 21.0. The molecular formula is C16H20N2O5. The van der Waals surface area contributed by atoms with Crippen molar-refractivity contribution in [3.8, 4) is 0 Å². The highest BCUT2D eigenvalue weighted by atomic mass is 16.6. The van der Waals surface area contributed by atoms with Crippen LogP contribution in [0.2, 0.25) is 0 Å². The highest BCUT2D eigenvalue weighted by Crippen LogP contribution is 2.25. The van der Waals surface area contributed by atoms with E-state index in [9.17, 15) is 20.0 Å². The highest BCUT2D eigenvalue weighted by molar-refractivity contribution is 5.84. The lowest BCUT2D eigenvalue weighted by Crippen LogP contribution is -2.24. The standard InChI is InChI=1S/C16H20N2O5/c1-16(2,3)23-15(20)6-7-17-13(10-19)9-11-8-12(18(21)22)4-5-14(11)17/h4-5,8-9,19H,6-7,10H2,1-3H3. The molecule has 23 heavy (non-hydrogen) atoms. The quantitative estimate of drug-likeness (QED) is 0.519. The number of hydrogen-bond acceptors (Lipinski definition) is 5. The molecular weight excluding hydrogens is 300 g/mol. The summed E-state index contributed by atoms with van der Waals surface area (Å²) in [5.74, 6) is -0.329. The monoisotopic (exact) mass is 320 g/mol. The van der Waals surface area contributed by atoms with Gasteiger partial charge in [0, 0.05) is 35.3 Å². The van der Waals surface area contributed by atoms with Crippen molar-refractivity contribution in [2.75, 3.05) is 0 Å². The summed E-state index contributed by atoms with van der Waals surface area (Å²) < 4.78 is 7.05. The zero-order valence-corrected chi connectivity index (χ0v) is 13.4. The largest absolute Gasteiger partial charge is 0.460 e. The van der Waals surface area contributed by atoms with E-state index in [1.807, 2.05) is 0 Å². The van der Waals surface area contributed by atoms with Crippen LogP contribution in [0.1, 0.15) is 32.9 Å². The number of carbonyl (C=O) groups excluding carboxylic acids is 1. The van der Waals surface area contributed by atoms with Crippen molar-refractivity contribution in [1.82, 2.24) is 4.57 Å². The van der Waals surface area contributed by atoms with E-state index in [-0.39, 0.29) is 24.7 Å². The van der Waals surface area contributed by atoms with Crippen LogP contribution in [-0.4, -0.2) is 26.2 Å². The average molecular weight is 320 g/mol. The molecule has 0 saturated carbocycles. The first-order valence-corrected chi connectivity index (χ1v) is 7.30. The summed E-state index contributed by atoms with van der Waals surface area (Å²) in [6, 6.07) is 6.19. The third-order valence-corrected chi connectivity index (χ3v) is 3.30. The number of aromatic nitrogens is 1. The summed E-state index contributed by atoms with van der Waals surface area (Å²) >= 11 is 0. The lowest BCUT2D eigenvalue weighted by Gasteiger charge is -2.19. The zero-order valence-electron chi connectivity index (χ0n) is 13.4. The second-order valence-electron chi connectivity index (χ2n) is 6.28. The van der Waals surface area contributed by atoms with Gasteiger partial charge >= 0.3 is 5.97 Å². The maximum atomic E-state index is 11.8. The first-order valence-electron chi connectivity index (χ1n) is 7.30. The van der Waals surface area contributed by atoms with Crippen molar-refractivity contribution in [3.05, 3.63) is 40.1 Å². The second kappa shape index (κ2) is 6.37. The molecule has 1 aromatic heterocycles. The van der Waals surface area contributed by atoms with E-state index in [0.29, 0.717) is 17.6 Å². The summed E-state index contributed by atoms with van der Waals surface area (Å²) in [7, 11) is 0. The van der Waals surface area contributed by atoms with E-state index < -0.39 is 10.5 Å². The minimum absolute atomic E-state index is 0.00807. The van der Waals surface area contributed by atoms with Crippen molar-refractivity contribution in [3.63, 3.8) is 0 Å². The first kappa shape index (κ1) is 17.0. The number of hydrogen-bond donors (Lipinski definition) is 1. The van der Waals surface area contributed by atoms with Crippen molar-refractivity contribution < 1.29 is 19.6 Å². The van der Waals surface area contributed by atoms with E-state index in [0.717, 1.165) is 5.52 Å². The number of fused-ring (bicyclic) bond motifs is 1. The number of nitro groups is 1. The van der Waals surface area contributed by atoms with Crippen LogP contribution in [0.15, 0.2) is 24.3 Å². The molecule has 0 aliphatic heterocycles. The SMILES string of the molecule is CC(C)(C)OC(=O)CCn1c(CO)cc2cc([N+](=O)[O-])ccc21. The lowest BCUT2D eigenvalue weighted by atomic mass is 10.2. The van der Waals surface area contributed by atoms with Gasteiger partial charge in [0.15, 0.2) is 0 Å². The van der Waals surface area contributed by atoms with Crippen LogP contribution in [0.3, 0.4) is 0 Å². The minimum atomic E-state index is -0.545. The number of carbonyl (C=O) groups is 1. The van der Waals surface area contributed by atoms with Crippen LogP contribution in [0, 0.1) is 10.1 Å². The van der Waals surface area contributed by atoms with Gasteiger partial charge in [-0.05, 0) is 32.9 Å². The van der Waals surface area contributed by atoms with Crippen molar-refractivity contribution in [2.24, 2.45) is 0 Å². The van der Waals surface area contributed by atoms with Gasteiger partial charge in [0.1, 0.15) is 5.60 Å². The van der Waals surface area contributed by atoms with E-state index in [1.165, 1.54) is 12.1 Å². The number of aliphatic hydroxyl groups excluding tert-OH is 1. The molecule has 7 nitrogen and oxygen atoms in total. The molecule has 0 spiro atoms. The molecule has 0 aliphatic rings. The molecule has 7 heteroatoms. The number of nitro benzene ring substituents is 1. The fraction of sp³-hybridized carbons (Fsp3) is 0.438. The Balaban J connectivity index is 2.25. The zero-order chi connectivity index (χ0) is 17.2. The summed E-state index contributed by atoms with van der Waals surface area (Å²) in [4.78, 5) is 22.2. The fourth-order valence-corrected chi connectivity index (χ4v) is 2.42. The molecule has 0 bridgehead atoms. The van der Waals surface area contributed by atoms with Gasteiger partial charge in [-0.15, -0.1) is 0 Å². The Morgan fingerprint density at radius 3 is 2.61 bits per heavy atom. The van der Waals surface area contributed by atoms with E-state index in [4.69, 9.17) is 4.74 Å². The third-order valence-electron chi connectivity index (χ3n) is 3.30. The second-order valence-corrected chi connectivity index (χ2v) is 6.28. The highest BCUT2D eigenvalue weighted by Gasteiger charge is 2.18. The number of aliphatic hydroxyl groups is 1. The number of rotatable bonds is 5. The fourth-order valence-electron chi connectivity index (χ4n) is 2.42. The number of benzene rings is 1. The van der Waals surface area contributed by atoms with Crippen LogP contribution in [-0.2, 0) is 22.7 Å². The van der Waals surface area contributed by atoms with Gasteiger partial charge < -0.3 is 14.4 Å². The Bertz CT molecular complexity index is 743. The number of non-ortho nitro benzene ring substituents is 1. The average Bonchev–Trinajstić information content (AvgIpc) is 2.79. The van der Waals surface area contributed by atoms with Crippen LogP contribution < -0.4 is 0 Å². The van der Waals surface area contributed by atoms with Crippen molar-refractivity contribution in [1.29, 1.82) is 0 Å². The number of aryl methyl sites for hydroxylation is 1. The van der Waals surface area contributed by atoms with Crippen LogP contribution in [0.4, 0.5) is 5.69 Å². The van der Waals surface area contributed by atoms with E-state index >= 15 is 0 Å². The molecule has 0 atom stereocenters. The number of ether oxygens (including phenoxy) is 1. The predicted molar refractivity (Wildman–Crippen MR) is 85.0 cm³/mol. The molecule has 0 aliphatic carbocycles. The Morgan fingerprint density at radius 2 is 2.04 bits per heavy atom. The van der Waals surface area contributed by atoms with Crippen molar-refractivity contribution >= 4 is 22.6 Å². The number of esters is 1. The maximum absolute atomic E-state index is 11.8. The minimum Gasteiger partial charge on any atom is -0.460 e. The van der Waals surface area contributed by atoms with Crippen LogP contribution >= 0.6 is 0 Å². The van der Waals surface area contributed by atoms with Gasteiger partial charge in [0.25, 0.3) is 5.69 Å². The molecule has 0 saturated heterocycles. The molecule has 1 N–H and O–H groups in total. The third kappa shape index (κ3) is 4.07. The normalized spacial score (nSPS) is 11.7.